The summed E-state index contributed by atoms with van der Waals surface area (Å²) < 4.78 is 0.407. The van der Waals surface area contributed by atoms with Gasteiger partial charge in [-0.1, -0.05) is 17.2 Å². The van der Waals surface area contributed by atoms with Gasteiger partial charge in [0.15, 0.2) is 17.7 Å². The maximum absolute atomic E-state index is 10.7. The van der Waals surface area contributed by atoms with Crippen LogP contribution in [0.1, 0.15) is 5.56 Å². The third kappa shape index (κ3) is 1.09. The van der Waals surface area contributed by atoms with Crippen LogP contribution in [0.15, 0.2) is 29.4 Å². The van der Waals surface area contributed by atoms with Gasteiger partial charge in [-0.3, -0.25) is 4.79 Å². The van der Waals surface area contributed by atoms with Gasteiger partial charge < -0.3 is 0 Å². The van der Waals surface area contributed by atoms with Gasteiger partial charge in [0.25, 0.3) is 0 Å². The fraction of sp³-hybridized carbons (Fsp3) is 0.200. The Kier molecular flexibility index (Phi) is 1.57. The normalized spacial score (nSPS) is 17.8. The van der Waals surface area contributed by atoms with Crippen LogP contribution in [-0.2, 0) is 4.79 Å². The summed E-state index contributed by atoms with van der Waals surface area (Å²) in [6.45, 7) is 0. The molecule has 13 heavy (non-hydrogen) atoms. The van der Waals surface area contributed by atoms with E-state index in [4.69, 9.17) is 0 Å². The van der Waals surface area contributed by atoms with E-state index in [0.717, 1.165) is 17.5 Å². The lowest BCUT2D eigenvalue weighted by Crippen LogP contribution is -2.31. The van der Waals surface area contributed by atoms with Crippen molar-refractivity contribution in [3.8, 4) is 0 Å². The van der Waals surface area contributed by atoms with Gasteiger partial charge in [-0.2, -0.15) is 4.59 Å². The summed E-state index contributed by atoms with van der Waals surface area (Å²) in [5, 5.41) is 4.29. The quantitative estimate of drug-likeness (QED) is 0.465. The van der Waals surface area contributed by atoms with Crippen LogP contribution in [0, 0.1) is 0 Å². The van der Waals surface area contributed by atoms with E-state index in [9.17, 15) is 4.79 Å². The Hall–Kier alpha value is -1.48. The molecule has 0 aromatic heterocycles. The molecule has 0 unspecified atom stereocenters. The van der Waals surface area contributed by atoms with Crippen LogP contribution in [0.4, 0.5) is 5.69 Å². The molecule has 0 bridgehead atoms. The first-order valence-electron chi connectivity index (χ1n) is 4.14. The van der Waals surface area contributed by atoms with E-state index in [2.05, 4.69) is 5.10 Å². The van der Waals surface area contributed by atoms with Crippen LogP contribution < -0.4 is 4.59 Å². The predicted molar refractivity (Wildman–Crippen MR) is 52.7 cm³/mol. The Morgan fingerprint density at radius 3 is 2.69 bits per heavy atom. The van der Waals surface area contributed by atoms with E-state index in [-0.39, 0.29) is 0 Å². The Balaban J connectivity index is 2.67. The average Bonchev–Trinajstić information content (AvgIpc) is 2.39. The molecule has 0 saturated carbocycles. The molecule has 0 radical (unpaired) electrons. The second-order valence-electron chi connectivity index (χ2n) is 3.51. The molecule has 1 aliphatic heterocycles. The van der Waals surface area contributed by atoms with E-state index >= 15 is 0 Å². The number of nitrogens with zero attached hydrogens (tertiary/aromatic N) is 2. The van der Waals surface area contributed by atoms with E-state index in [1.807, 2.05) is 38.4 Å². The summed E-state index contributed by atoms with van der Waals surface area (Å²) in [5.74, 6) is 0. The number of para-hydroxylation sites is 1. The van der Waals surface area contributed by atoms with Crippen LogP contribution in [0.5, 0.6) is 0 Å². The standard InChI is InChI=1S/C10H11N2O/c1-12(2)10-6-4-3-5-8(10)9(7-13)11-12/h3-7H,1-2H3/q+1. The van der Waals surface area contributed by atoms with Gasteiger partial charge in [-0.05, 0) is 6.07 Å². The van der Waals surface area contributed by atoms with Crippen molar-refractivity contribution in [2.75, 3.05) is 14.1 Å². The zero-order valence-electron chi connectivity index (χ0n) is 7.69. The zero-order chi connectivity index (χ0) is 9.47. The van der Waals surface area contributed by atoms with Crippen LogP contribution in [-0.4, -0.2) is 26.1 Å². The highest BCUT2D eigenvalue weighted by molar-refractivity contribution is 6.38. The number of rotatable bonds is 1. The van der Waals surface area contributed by atoms with Gasteiger partial charge in [-0.15, -0.1) is 0 Å². The van der Waals surface area contributed by atoms with Gasteiger partial charge in [0, 0.05) is 6.07 Å². The van der Waals surface area contributed by atoms with Gasteiger partial charge in [0.05, 0.1) is 19.7 Å². The first-order valence-corrected chi connectivity index (χ1v) is 4.14. The number of fused-ring (bicyclic) bond motifs is 1. The minimum Gasteiger partial charge on any atom is -0.296 e. The average molecular weight is 175 g/mol. The monoisotopic (exact) mass is 175 g/mol. The SMILES string of the molecule is C[N+]1(C)N=C(C=O)c2ccccc21. The number of quaternary nitrogens is 1. The Labute approximate surface area is 76.9 Å². The molecular weight excluding hydrogens is 164 g/mol. The maximum Gasteiger partial charge on any atom is 0.174 e. The van der Waals surface area contributed by atoms with Crippen molar-refractivity contribution in [3.05, 3.63) is 29.8 Å². The maximum atomic E-state index is 10.7. The third-order valence-electron chi connectivity index (χ3n) is 2.24. The van der Waals surface area contributed by atoms with Crippen LogP contribution in [0.25, 0.3) is 0 Å². The van der Waals surface area contributed by atoms with Crippen molar-refractivity contribution in [1.82, 2.24) is 4.59 Å². The first kappa shape index (κ1) is 8.13. The lowest BCUT2D eigenvalue weighted by molar-refractivity contribution is -0.102. The molecule has 2 rings (SSSR count). The van der Waals surface area contributed by atoms with Crippen LogP contribution >= 0.6 is 0 Å². The molecule has 0 atom stereocenters. The molecule has 0 N–H and O–H groups in total. The van der Waals surface area contributed by atoms with Crippen molar-refractivity contribution < 1.29 is 4.79 Å². The molecule has 1 aromatic rings. The van der Waals surface area contributed by atoms with Gasteiger partial charge in [0.1, 0.15) is 0 Å². The second-order valence-corrected chi connectivity index (χ2v) is 3.51. The second kappa shape index (κ2) is 2.50. The number of carbonyl (C=O) groups excluding carboxylic acids is 1. The summed E-state index contributed by atoms with van der Waals surface area (Å²) >= 11 is 0. The molecule has 1 aliphatic rings. The molecule has 0 saturated heterocycles. The number of hydrogen-bond donors (Lipinski definition) is 0. The number of aldehydes is 1. The summed E-state index contributed by atoms with van der Waals surface area (Å²) in [6, 6.07) is 7.80. The molecule has 3 heteroatoms. The van der Waals surface area contributed by atoms with Crippen molar-refractivity contribution in [3.63, 3.8) is 0 Å². The third-order valence-corrected chi connectivity index (χ3v) is 2.24. The molecule has 1 heterocycles. The molecule has 1 aromatic carbocycles. The van der Waals surface area contributed by atoms with Crippen molar-refractivity contribution in [1.29, 1.82) is 0 Å². The van der Waals surface area contributed by atoms with Gasteiger partial charge >= 0.3 is 0 Å². The summed E-state index contributed by atoms with van der Waals surface area (Å²) in [7, 11) is 3.91. The predicted octanol–water partition coefficient (Wildman–Crippen LogP) is 1.17. The fourth-order valence-corrected chi connectivity index (χ4v) is 1.63. The van der Waals surface area contributed by atoms with E-state index in [1.54, 1.807) is 0 Å². The van der Waals surface area contributed by atoms with Crippen molar-refractivity contribution >= 4 is 17.7 Å². The van der Waals surface area contributed by atoms with Gasteiger partial charge in [0.2, 0.25) is 0 Å². The highest BCUT2D eigenvalue weighted by Crippen LogP contribution is 2.30. The summed E-state index contributed by atoms with van der Waals surface area (Å²) in [4.78, 5) is 10.7. The Bertz CT molecular complexity index is 394. The molecule has 66 valence electrons. The molecule has 0 amide bonds. The molecule has 3 nitrogen and oxygen atoms in total. The molecule has 0 spiro atoms. The lowest BCUT2D eigenvalue weighted by Gasteiger charge is -2.17. The fourth-order valence-electron chi connectivity index (χ4n) is 1.63. The topological polar surface area (TPSA) is 29.4 Å². The van der Waals surface area contributed by atoms with E-state index < -0.39 is 0 Å². The molecular formula is C10H11N2O+. The summed E-state index contributed by atoms with van der Waals surface area (Å²) in [6.07, 6.45) is 0.811. The van der Waals surface area contributed by atoms with E-state index in [1.165, 1.54) is 0 Å². The smallest absolute Gasteiger partial charge is 0.174 e. The lowest BCUT2D eigenvalue weighted by atomic mass is 10.1. The largest absolute Gasteiger partial charge is 0.296 e. The Morgan fingerprint density at radius 2 is 2.00 bits per heavy atom. The molecule has 0 aliphatic carbocycles. The van der Waals surface area contributed by atoms with Crippen LogP contribution in [0.3, 0.4) is 0 Å². The minimum absolute atomic E-state index is 0.407. The van der Waals surface area contributed by atoms with Crippen molar-refractivity contribution in [2.45, 2.75) is 0 Å². The van der Waals surface area contributed by atoms with Crippen molar-refractivity contribution in [2.24, 2.45) is 5.10 Å². The van der Waals surface area contributed by atoms with E-state index in [0.29, 0.717) is 10.3 Å². The molecule has 0 fully saturated rings. The highest BCUT2D eigenvalue weighted by Gasteiger charge is 2.32. The highest BCUT2D eigenvalue weighted by atomic mass is 16.1. The summed E-state index contributed by atoms with van der Waals surface area (Å²) in [5.41, 5.74) is 2.56. The first-order chi connectivity index (χ1) is 6.15. The number of hydrogen-bond acceptors (Lipinski definition) is 2. The van der Waals surface area contributed by atoms with Gasteiger partial charge in [-0.25, -0.2) is 0 Å². The number of benzene rings is 1. The zero-order valence-corrected chi connectivity index (χ0v) is 7.69. The van der Waals surface area contributed by atoms with Crippen LogP contribution in [0.2, 0.25) is 0 Å². The Morgan fingerprint density at radius 1 is 1.31 bits per heavy atom. The minimum atomic E-state index is 0.407. The number of carbonyl (C=O) groups is 1.